The van der Waals surface area contributed by atoms with E-state index in [2.05, 4.69) is 10.0 Å². The molecular weight excluding hydrogens is 407 g/mol. The van der Waals surface area contributed by atoms with E-state index < -0.39 is 15.9 Å². The molecule has 5 nitrogen and oxygen atoms in total. The third-order valence-electron chi connectivity index (χ3n) is 3.63. The summed E-state index contributed by atoms with van der Waals surface area (Å²) in [5.74, 6) is -0.466. The van der Waals surface area contributed by atoms with Crippen molar-refractivity contribution in [3.05, 3.63) is 88.4 Å². The first-order valence-electron chi connectivity index (χ1n) is 7.79. The van der Waals surface area contributed by atoms with Crippen LogP contribution >= 0.6 is 23.2 Å². The van der Waals surface area contributed by atoms with Crippen molar-refractivity contribution >= 4 is 50.5 Å². The van der Waals surface area contributed by atoms with Crippen molar-refractivity contribution in [2.45, 2.75) is 4.90 Å². The summed E-state index contributed by atoms with van der Waals surface area (Å²) >= 11 is 11.8. The number of sulfonamides is 1. The van der Waals surface area contributed by atoms with Crippen LogP contribution in [0.4, 0.5) is 11.4 Å². The molecule has 0 spiro atoms. The van der Waals surface area contributed by atoms with Gasteiger partial charge in [0.05, 0.1) is 15.6 Å². The summed E-state index contributed by atoms with van der Waals surface area (Å²) < 4.78 is 27.6. The van der Waals surface area contributed by atoms with E-state index in [0.29, 0.717) is 21.4 Å². The van der Waals surface area contributed by atoms with E-state index in [1.807, 2.05) is 0 Å². The normalized spacial score (nSPS) is 11.0. The van der Waals surface area contributed by atoms with Crippen molar-refractivity contribution in [1.29, 1.82) is 0 Å². The molecule has 0 radical (unpaired) electrons. The van der Waals surface area contributed by atoms with Crippen molar-refractivity contribution in [1.82, 2.24) is 0 Å². The van der Waals surface area contributed by atoms with E-state index in [0.717, 1.165) is 0 Å². The molecule has 0 aliphatic rings. The summed E-state index contributed by atoms with van der Waals surface area (Å²) in [4.78, 5) is 12.4. The third kappa shape index (κ3) is 4.80. The number of nitrogens with one attached hydrogen (secondary N) is 2. The summed E-state index contributed by atoms with van der Waals surface area (Å²) in [5, 5.41) is 3.54. The predicted octanol–water partition coefficient (Wildman–Crippen LogP) is 5.05. The largest absolute Gasteiger partial charge is 0.321 e. The van der Waals surface area contributed by atoms with Crippen LogP contribution in [-0.4, -0.2) is 14.3 Å². The smallest absolute Gasteiger partial charge is 0.261 e. The highest BCUT2D eigenvalue weighted by atomic mass is 35.5. The Morgan fingerprint density at radius 3 is 2.26 bits per heavy atom. The molecule has 0 heterocycles. The second-order valence-electron chi connectivity index (χ2n) is 5.57. The van der Waals surface area contributed by atoms with Gasteiger partial charge in [0.1, 0.15) is 0 Å². The molecule has 0 aliphatic carbocycles. The fourth-order valence-electron chi connectivity index (χ4n) is 2.29. The van der Waals surface area contributed by atoms with E-state index in [9.17, 15) is 13.2 Å². The summed E-state index contributed by atoms with van der Waals surface area (Å²) in [6, 6.07) is 18.8. The van der Waals surface area contributed by atoms with Gasteiger partial charge in [0, 0.05) is 16.3 Å². The Bertz CT molecular complexity index is 1080. The number of carbonyl (C=O) groups excluding carboxylic acids is 1. The zero-order valence-corrected chi connectivity index (χ0v) is 16.1. The maximum Gasteiger partial charge on any atom is 0.261 e. The number of halogens is 2. The van der Waals surface area contributed by atoms with Crippen molar-refractivity contribution in [3.8, 4) is 0 Å². The molecule has 27 heavy (non-hydrogen) atoms. The van der Waals surface area contributed by atoms with Crippen LogP contribution in [0.1, 0.15) is 10.4 Å². The first-order chi connectivity index (χ1) is 12.8. The molecule has 0 atom stereocenters. The molecule has 0 saturated heterocycles. The highest BCUT2D eigenvalue weighted by molar-refractivity contribution is 7.92. The van der Waals surface area contributed by atoms with Crippen LogP contribution in [0.3, 0.4) is 0 Å². The molecule has 3 aromatic rings. The zero-order valence-electron chi connectivity index (χ0n) is 13.8. The highest BCUT2D eigenvalue weighted by Gasteiger charge is 2.17. The Balaban J connectivity index is 1.83. The summed E-state index contributed by atoms with van der Waals surface area (Å²) in [5.41, 5.74) is 0.996. The van der Waals surface area contributed by atoms with E-state index >= 15 is 0 Å². The van der Waals surface area contributed by atoms with Gasteiger partial charge < -0.3 is 5.32 Å². The molecule has 0 fully saturated rings. The van der Waals surface area contributed by atoms with Gasteiger partial charge >= 0.3 is 0 Å². The van der Waals surface area contributed by atoms with Crippen LogP contribution < -0.4 is 10.0 Å². The number of para-hydroxylation sites is 1. The van der Waals surface area contributed by atoms with E-state index in [1.165, 1.54) is 24.3 Å². The molecule has 0 aromatic heterocycles. The second-order valence-corrected chi connectivity index (χ2v) is 8.10. The number of hydrogen-bond acceptors (Lipinski definition) is 3. The SMILES string of the molecule is O=C(Nc1ccccc1Cl)c1cccc(S(=O)(=O)Nc2ccc(Cl)cc2)c1. The molecule has 0 unspecified atom stereocenters. The summed E-state index contributed by atoms with van der Waals surface area (Å²) in [6.45, 7) is 0. The second kappa shape index (κ2) is 8.00. The minimum atomic E-state index is -3.86. The minimum Gasteiger partial charge on any atom is -0.321 e. The quantitative estimate of drug-likeness (QED) is 0.606. The van der Waals surface area contributed by atoms with Gasteiger partial charge in [0.15, 0.2) is 0 Å². The number of benzene rings is 3. The molecule has 2 N–H and O–H groups in total. The van der Waals surface area contributed by atoms with E-state index in [-0.39, 0.29) is 10.5 Å². The molecular formula is C19H14Cl2N2O3S. The minimum absolute atomic E-state index is 0.0377. The molecule has 0 bridgehead atoms. The predicted molar refractivity (Wildman–Crippen MR) is 108 cm³/mol. The lowest BCUT2D eigenvalue weighted by Gasteiger charge is -2.10. The molecule has 0 saturated carbocycles. The van der Waals surface area contributed by atoms with Crippen molar-refractivity contribution < 1.29 is 13.2 Å². The van der Waals surface area contributed by atoms with Crippen LogP contribution in [0.5, 0.6) is 0 Å². The number of hydrogen-bond donors (Lipinski definition) is 2. The third-order valence-corrected chi connectivity index (χ3v) is 5.59. The average molecular weight is 421 g/mol. The lowest BCUT2D eigenvalue weighted by atomic mass is 10.2. The Labute approximate surface area is 167 Å². The van der Waals surface area contributed by atoms with Crippen LogP contribution in [0, 0.1) is 0 Å². The van der Waals surface area contributed by atoms with Gasteiger partial charge in [-0.25, -0.2) is 8.42 Å². The van der Waals surface area contributed by atoms with Gasteiger partial charge in [-0.05, 0) is 54.6 Å². The Hall–Kier alpha value is -2.54. The van der Waals surface area contributed by atoms with Crippen molar-refractivity contribution in [3.63, 3.8) is 0 Å². The number of amides is 1. The van der Waals surface area contributed by atoms with Gasteiger partial charge in [-0.2, -0.15) is 0 Å². The van der Waals surface area contributed by atoms with Gasteiger partial charge in [0.25, 0.3) is 15.9 Å². The molecule has 0 aliphatic heterocycles. The first-order valence-corrected chi connectivity index (χ1v) is 10.0. The van der Waals surface area contributed by atoms with E-state index in [4.69, 9.17) is 23.2 Å². The topological polar surface area (TPSA) is 75.3 Å². The standard InChI is InChI=1S/C19H14Cl2N2O3S/c20-14-8-10-15(11-9-14)23-27(25,26)16-5-3-4-13(12-16)19(24)22-18-7-2-1-6-17(18)21/h1-12,23H,(H,22,24). The Morgan fingerprint density at radius 2 is 1.56 bits per heavy atom. The van der Waals surface area contributed by atoms with Crippen LogP contribution in [0.25, 0.3) is 0 Å². The van der Waals surface area contributed by atoms with E-state index in [1.54, 1.807) is 48.5 Å². The average Bonchev–Trinajstić information content (AvgIpc) is 2.65. The Morgan fingerprint density at radius 1 is 0.852 bits per heavy atom. The fourth-order valence-corrected chi connectivity index (χ4v) is 3.71. The van der Waals surface area contributed by atoms with Crippen molar-refractivity contribution in [2.24, 2.45) is 0 Å². The maximum atomic E-state index is 12.6. The van der Waals surface area contributed by atoms with Gasteiger partial charge in [-0.15, -0.1) is 0 Å². The van der Waals surface area contributed by atoms with Gasteiger partial charge in [-0.1, -0.05) is 41.4 Å². The molecule has 8 heteroatoms. The van der Waals surface area contributed by atoms with Crippen LogP contribution in [0.2, 0.25) is 10.0 Å². The molecule has 3 rings (SSSR count). The zero-order chi connectivity index (χ0) is 19.4. The summed E-state index contributed by atoms with van der Waals surface area (Å²) in [7, 11) is -3.86. The molecule has 1 amide bonds. The summed E-state index contributed by atoms with van der Waals surface area (Å²) in [6.07, 6.45) is 0. The monoisotopic (exact) mass is 420 g/mol. The number of rotatable bonds is 5. The number of anilines is 2. The lowest BCUT2D eigenvalue weighted by Crippen LogP contribution is -2.16. The highest BCUT2D eigenvalue weighted by Crippen LogP contribution is 2.22. The van der Waals surface area contributed by atoms with Gasteiger partial charge in [0.2, 0.25) is 0 Å². The maximum absolute atomic E-state index is 12.6. The molecule has 3 aromatic carbocycles. The van der Waals surface area contributed by atoms with Crippen LogP contribution in [-0.2, 0) is 10.0 Å². The number of carbonyl (C=O) groups is 1. The lowest BCUT2D eigenvalue weighted by molar-refractivity contribution is 0.102. The molecule has 138 valence electrons. The Kier molecular flexibility index (Phi) is 5.70. The van der Waals surface area contributed by atoms with Crippen LogP contribution in [0.15, 0.2) is 77.7 Å². The van der Waals surface area contributed by atoms with Crippen molar-refractivity contribution in [2.75, 3.05) is 10.0 Å². The van der Waals surface area contributed by atoms with Gasteiger partial charge in [-0.3, -0.25) is 9.52 Å². The first kappa shape index (κ1) is 19.2. The fraction of sp³-hybridized carbons (Fsp3) is 0.